The minimum Gasteiger partial charge on any atom is -0.489 e. The van der Waals surface area contributed by atoms with Crippen molar-refractivity contribution in [2.75, 3.05) is 6.54 Å². The molecule has 0 aliphatic carbocycles. The molecule has 0 radical (unpaired) electrons. The lowest BCUT2D eigenvalue weighted by atomic mass is 10.1. The van der Waals surface area contributed by atoms with E-state index in [1.165, 1.54) is 6.92 Å². The predicted octanol–water partition coefficient (Wildman–Crippen LogP) is 3.52. The third kappa shape index (κ3) is 7.47. The van der Waals surface area contributed by atoms with Gasteiger partial charge in [0.05, 0.1) is 5.52 Å². The summed E-state index contributed by atoms with van der Waals surface area (Å²) in [7, 11) is 0. The van der Waals surface area contributed by atoms with E-state index in [4.69, 9.17) is 4.74 Å². The number of fused-ring (bicyclic) bond motifs is 1. The second-order valence-electron chi connectivity index (χ2n) is 8.76. The Bertz CT molecular complexity index is 1430. The lowest BCUT2D eigenvalue weighted by Gasteiger charge is -2.18. The standard InChI is InChI=1S/C27H29N5O4S/c1-17-14-20(23-7-3-4-8-24(23)29-17)16-36-22-11-9-19(10-12-22)26(34)30-21(6-5-13-28-18(2)33)15-25-31-32-27(35)37-25/h3-4,7-12,14,21H,5-6,13,15-16H2,1-2H3,(H,28,33)(H,30,34)(H,32,35). The van der Waals surface area contributed by atoms with Gasteiger partial charge in [0.15, 0.2) is 0 Å². The minimum atomic E-state index is -0.237. The number of para-hydroxylation sites is 1. The number of pyridine rings is 1. The van der Waals surface area contributed by atoms with Gasteiger partial charge in [-0.05, 0) is 56.2 Å². The summed E-state index contributed by atoms with van der Waals surface area (Å²) < 4.78 is 6.00. The van der Waals surface area contributed by atoms with Crippen molar-refractivity contribution >= 4 is 34.1 Å². The van der Waals surface area contributed by atoms with E-state index in [2.05, 4.69) is 25.8 Å². The van der Waals surface area contributed by atoms with E-state index >= 15 is 0 Å². The molecule has 37 heavy (non-hydrogen) atoms. The van der Waals surface area contributed by atoms with Crippen LogP contribution < -0.4 is 20.2 Å². The Labute approximate surface area is 218 Å². The summed E-state index contributed by atoms with van der Waals surface area (Å²) in [6, 6.07) is 16.7. The van der Waals surface area contributed by atoms with Crippen molar-refractivity contribution in [3.05, 3.63) is 86.1 Å². The van der Waals surface area contributed by atoms with Gasteiger partial charge in [-0.15, -0.1) is 0 Å². The number of aromatic nitrogens is 3. The first-order chi connectivity index (χ1) is 17.9. The molecule has 0 bridgehead atoms. The highest BCUT2D eigenvalue weighted by Crippen LogP contribution is 2.21. The van der Waals surface area contributed by atoms with Crippen molar-refractivity contribution in [1.29, 1.82) is 0 Å². The number of aromatic amines is 1. The fraction of sp³-hybridized carbons (Fsp3) is 0.296. The average Bonchev–Trinajstić information content (AvgIpc) is 3.29. The Kier molecular flexibility index (Phi) is 8.63. The first-order valence-corrected chi connectivity index (χ1v) is 12.9. The molecule has 2 heterocycles. The topological polar surface area (TPSA) is 126 Å². The molecule has 9 nitrogen and oxygen atoms in total. The van der Waals surface area contributed by atoms with Crippen LogP contribution in [0.4, 0.5) is 0 Å². The van der Waals surface area contributed by atoms with Crippen LogP contribution in [0.1, 0.15) is 46.4 Å². The lowest BCUT2D eigenvalue weighted by molar-refractivity contribution is -0.118. The van der Waals surface area contributed by atoms with E-state index in [0.29, 0.717) is 48.7 Å². The second-order valence-corrected chi connectivity index (χ2v) is 9.81. The maximum Gasteiger partial charge on any atom is 0.322 e. The molecular formula is C27H29N5O4S. The third-order valence-corrected chi connectivity index (χ3v) is 6.55. The van der Waals surface area contributed by atoms with Gasteiger partial charge in [0.1, 0.15) is 17.4 Å². The van der Waals surface area contributed by atoms with E-state index in [9.17, 15) is 14.4 Å². The molecule has 2 aromatic carbocycles. The monoisotopic (exact) mass is 519 g/mol. The molecule has 2 aromatic heterocycles. The molecule has 0 aliphatic heterocycles. The predicted molar refractivity (Wildman–Crippen MR) is 143 cm³/mol. The third-order valence-electron chi connectivity index (χ3n) is 5.78. The number of nitrogens with zero attached hydrogens (tertiary/aromatic N) is 2. The fourth-order valence-corrected chi connectivity index (χ4v) is 4.72. The molecule has 0 saturated carbocycles. The Morgan fingerprint density at radius 2 is 1.92 bits per heavy atom. The fourth-order valence-electron chi connectivity index (χ4n) is 4.04. The zero-order valence-electron chi connectivity index (χ0n) is 20.7. The van der Waals surface area contributed by atoms with Crippen LogP contribution in [-0.2, 0) is 17.8 Å². The number of rotatable bonds is 11. The van der Waals surface area contributed by atoms with Gasteiger partial charge in [0, 0.05) is 48.1 Å². The summed E-state index contributed by atoms with van der Waals surface area (Å²) >= 11 is 1.03. The number of ether oxygens (including phenoxy) is 1. The summed E-state index contributed by atoms with van der Waals surface area (Å²) in [6.45, 7) is 4.33. The van der Waals surface area contributed by atoms with Crippen LogP contribution in [0.5, 0.6) is 5.75 Å². The Morgan fingerprint density at radius 3 is 2.65 bits per heavy atom. The molecule has 0 aliphatic rings. The zero-order valence-corrected chi connectivity index (χ0v) is 21.6. The highest BCUT2D eigenvalue weighted by atomic mass is 32.1. The van der Waals surface area contributed by atoms with Crippen LogP contribution in [0.3, 0.4) is 0 Å². The first kappa shape index (κ1) is 26.0. The summed E-state index contributed by atoms with van der Waals surface area (Å²) in [5.74, 6) is 0.332. The average molecular weight is 520 g/mol. The highest BCUT2D eigenvalue weighted by Gasteiger charge is 2.17. The number of nitrogens with one attached hydrogen (secondary N) is 3. The molecule has 2 amide bonds. The molecule has 192 valence electrons. The Hall–Kier alpha value is -4.05. The van der Waals surface area contributed by atoms with Gasteiger partial charge in [0.25, 0.3) is 5.91 Å². The van der Waals surface area contributed by atoms with Gasteiger partial charge in [-0.3, -0.25) is 19.4 Å². The summed E-state index contributed by atoms with van der Waals surface area (Å²) in [5.41, 5.74) is 3.41. The molecular weight excluding hydrogens is 490 g/mol. The van der Waals surface area contributed by atoms with E-state index in [1.54, 1.807) is 24.3 Å². The number of aryl methyl sites for hydroxylation is 1. The smallest absolute Gasteiger partial charge is 0.322 e. The molecule has 0 spiro atoms. The van der Waals surface area contributed by atoms with Crippen molar-refractivity contribution in [3.8, 4) is 5.75 Å². The number of hydrogen-bond donors (Lipinski definition) is 3. The molecule has 0 fully saturated rings. The second kappa shape index (κ2) is 12.3. The number of benzene rings is 2. The maximum atomic E-state index is 13.0. The van der Waals surface area contributed by atoms with Gasteiger partial charge in [0.2, 0.25) is 5.91 Å². The Balaban J connectivity index is 1.37. The van der Waals surface area contributed by atoms with E-state index in [-0.39, 0.29) is 22.7 Å². The van der Waals surface area contributed by atoms with Gasteiger partial charge >= 0.3 is 4.87 Å². The quantitative estimate of drug-likeness (QED) is 0.260. The highest BCUT2D eigenvalue weighted by molar-refractivity contribution is 7.08. The van der Waals surface area contributed by atoms with Crippen LogP contribution in [-0.4, -0.2) is 39.6 Å². The van der Waals surface area contributed by atoms with Crippen molar-refractivity contribution < 1.29 is 14.3 Å². The van der Waals surface area contributed by atoms with Gasteiger partial charge in [-0.25, -0.2) is 5.10 Å². The Morgan fingerprint density at radius 1 is 1.14 bits per heavy atom. The number of hydrogen-bond acceptors (Lipinski definition) is 7. The minimum absolute atomic E-state index is 0.0966. The van der Waals surface area contributed by atoms with Crippen molar-refractivity contribution in [2.45, 2.75) is 45.8 Å². The molecule has 4 rings (SSSR count). The maximum absolute atomic E-state index is 13.0. The molecule has 3 N–H and O–H groups in total. The number of amides is 2. The van der Waals surface area contributed by atoms with Gasteiger partial charge in [-0.1, -0.05) is 29.5 Å². The summed E-state index contributed by atoms with van der Waals surface area (Å²) in [5, 5.41) is 13.9. The molecule has 1 atom stereocenters. The van der Waals surface area contributed by atoms with Crippen LogP contribution in [0.15, 0.2) is 59.4 Å². The van der Waals surface area contributed by atoms with E-state index < -0.39 is 0 Å². The molecule has 4 aromatic rings. The van der Waals surface area contributed by atoms with Crippen LogP contribution in [0.25, 0.3) is 10.9 Å². The largest absolute Gasteiger partial charge is 0.489 e. The van der Waals surface area contributed by atoms with E-state index in [1.807, 2.05) is 37.3 Å². The van der Waals surface area contributed by atoms with Crippen molar-refractivity contribution in [2.24, 2.45) is 0 Å². The van der Waals surface area contributed by atoms with Crippen LogP contribution in [0, 0.1) is 6.92 Å². The van der Waals surface area contributed by atoms with Crippen molar-refractivity contribution in [3.63, 3.8) is 0 Å². The van der Waals surface area contributed by atoms with Crippen molar-refractivity contribution in [1.82, 2.24) is 25.8 Å². The molecule has 0 saturated heterocycles. The normalized spacial score (nSPS) is 11.7. The van der Waals surface area contributed by atoms with Gasteiger partial charge in [-0.2, -0.15) is 5.10 Å². The zero-order chi connectivity index (χ0) is 26.2. The number of H-pyrrole nitrogens is 1. The number of carbonyl (C=O) groups is 2. The summed E-state index contributed by atoms with van der Waals surface area (Å²) in [4.78, 5) is 39.9. The SMILES string of the molecule is CC(=O)NCCCC(Cc1n[nH]c(=O)s1)NC(=O)c1ccc(OCc2cc(C)nc3ccccc23)cc1. The lowest BCUT2D eigenvalue weighted by Crippen LogP contribution is -2.37. The van der Waals surface area contributed by atoms with E-state index in [0.717, 1.165) is 33.5 Å². The van der Waals surface area contributed by atoms with Gasteiger partial charge < -0.3 is 15.4 Å². The number of carbonyl (C=O) groups excluding carboxylic acids is 2. The molecule has 10 heteroatoms. The van der Waals surface area contributed by atoms with Crippen LogP contribution >= 0.6 is 11.3 Å². The van der Waals surface area contributed by atoms with Crippen LogP contribution in [0.2, 0.25) is 0 Å². The molecule has 1 unspecified atom stereocenters. The summed E-state index contributed by atoms with van der Waals surface area (Å²) in [6.07, 6.45) is 1.73. The first-order valence-electron chi connectivity index (χ1n) is 12.0.